The topological polar surface area (TPSA) is 72.9 Å². The van der Waals surface area contributed by atoms with Crippen LogP contribution in [0.5, 0.6) is 0 Å². The predicted molar refractivity (Wildman–Crippen MR) is 83.2 cm³/mol. The Kier molecular flexibility index (Phi) is 4.13. The van der Waals surface area contributed by atoms with Gasteiger partial charge in [-0.1, -0.05) is 0 Å². The van der Waals surface area contributed by atoms with Crippen molar-refractivity contribution in [2.75, 3.05) is 12.3 Å². The molecule has 1 aromatic heterocycles. The smallest absolute Gasteiger partial charge is 0.251 e. The minimum atomic E-state index is -0.116. The van der Waals surface area contributed by atoms with Crippen molar-refractivity contribution in [2.24, 2.45) is 0 Å². The monoisotopic (exact) mass is 336 g/mol. The number of nitrogens with two attached hydrogens (primary N) is 1. The highest BCUT2D eigenvalue weighted by molar-refractivity contribution is 9.10. The molecule has 0 atom stereocenters. The lowest BCUT2D eigenvalue weighted by Gasteiger charge is -2.10. The number of hydrogen-bond acceptors (Lipinski definition) is 3. The van der Waals surface area contributed by atoms with E-state index in [4.69, 9.17) is 5.73 Å². The Morgan fingerprint density at radius 1 is 1.45 bits per heavy atom. The summed E-state index contributed by atoms with van der Waals surface area (Å²) in [4.78, 5) is 11.9. The maximum absolute atomic E-state index is 11.9. The molecule has 0 fully saturated rings. The number of anilines is 1. The summed E-state index contributed by atoms with van der Waals surface area (Å²) in [6, 6.07) is 5.20. The third-order valence-electron chi connectivity index (χ3n) is 3.06. The van der Waals surface area contributed by atoms with E-state index >= 15 is 0 Å². The number of nitrogen functional groups attached to an aromatic ring is 1. The second kappa shape index (κ2) is 5.66. The quantitative estimate of drug-likeness (QED) is 0.846. The average molecular weight is 337 g/mol. The normalized spacial score (nSPS) is 10.6. The summed E-state index contributed by atoms with van der Waals surface area (Å²) < 4.78 is 2.69. The van der Waals surface area contributed by atoms with Crippen molar-refractivity contribution in [1.82, 2.24) is 15.1 Å². The van der Waals surface area contributed by atoms with Gasteiger partial charge in [0.15, 0.2) is 0 Å². The lowest BCUT2D eigenvalue weighted by molar-refractivity contribution is 0.0956. The number of carbonyl (C=O) groups excluding carboxylic acids is 1. The zero-order chi connectivity index (χ0) is 14.9. The van der Waals surface area contributed by atoms with Gasteiger partial charge in [-0.2, -0.15) is 5.10 Å². The Bertz CT molecular complexity index is 663. The minimum absolute atomic E-state index is 0.116. The van der Waals surface area contributed by atoms with Gasteiger partial charge in [-0.05, 0) is 54.9 Å². The Morgan fingerprint density at radius 2 is 2.15 bits per heavy atom. The molecule has 1 heterocycles. The van der Waals surface area contributed by atoms with Crippen LogP contribution in [0.2, 0.25) is 0 Å². The van der Waals surface area contributed by atoms with Crippen LogP contribution in [0.15, 0.2) is 22.7 Å². The van der Waals surface area contributed by atoms with E-state index in [1.54, 1.807) is 22.9 Å². The van der Waals surface area contributed by atoms with E-state index < -0.39 is 0 Å². The highest BCUT2D eigenvalue weighted by Crippen LogP contribution is 2.26. The molecular formula is C14H17BrN4O. The summed E-state index contributed by atoms with van der Waals surface area (Å²) in [6.45, 7) is 6.33. The molecule has 106 valence electrons. The van der Waals surface area contributed by atoms with Crippen LogP contribution in [0, 0.1) is 13.8 Å². The van der Waals surface area contributed by atoms with Gasteiger partial charge >= 0.3 is 0 Å². The summed E-state index contributed by atoms with van der Waals surface area (Å²) in [5.74, 6) is -0.116. The fraction of sp³-hybridized carbons (Fsp3) is 0.286. The van der Waals surface area contributed by atoms with Gasteiger partial charge in [0.1, 0.15) is 0 Å². The first-order valence-corrected chi connectivity index (χ1v) is 7.14. The minimum Gasteiger partial charge on any atom is -0.397 e. The second-order valence-corrected chi connectivity index (χ2v) is 5.32. The van der Waals surface area contributed by atoms with Crippen molar-refractivity contribution in [2.45, 2.75) is 20.8 Å². The summed E-state index contributed by atoms with van der Waals surface area (Å²) in [6.07, 6.45) is 0. The molecule has 20 heavy (non-hydrogen) atoms. The van der Waals surface area contributed by atoms with E-state index in [-0.39, 0.29) is 5.91 Å². The van der Waals surface area contributed by atoms with Crippen LogP contribution in [0.4, 0.5) is 5.69 Å². The van der Waals surface area contributed by atoms with Gasteiger partial charge in [-0.15, -0.1) is 0 Å². The summed E-state index contributed by atoms with van der Waals surface area (Å²) >= 11 is 3.49. The Labute approximate surface area is 126 Å². The number of aromatic nitrogens is 2. The molecule has 5 nitrogen and oxygen atoms in total. The molecule has 0 aliphatic rings. The van der Waals surface area contributed by atoms with Crippen LogP contribution in [-0.4, -0.2) is 22.2 Å². The van der Waals surface area contributed by atoms with Gasteiger partial charge in [0.25, 0.3) is 5.91 Å². The molecule has 0 unspecified atom stereocenters. The van der Waals surface area contributed by atoms with Crippen molar-refractivity contribution in [1.29, 1.82) is 0 Å². The molecule has 0 saturated heterocycles. The Balaban J connectivity index is 2.53. The molecule has 0 radical (unpaired) electrons. The molecule has 0 saturated carbocycles. The van der Waals surface area contributed by atoms with Crippen LogP contribution in [0.25, 0.3) is 5.69 Å². The molecule has 0 spiro atoms. The van der Waals surface area contributed by atoms with Gasteiger partial charge in [0.05, 0.1) is 27.2 Å². The van der Waals surface area contributed by atoms with Crippen molar-refractivity contribution >= 4 is 27.5 Å². The molecular weight excluding hydrogens is 320 g/mol. The highest BCUT2D eigenvalue weighted by Gasteiger charge is 2.14. The number of carbonyl (C=O) groups is 1. The molecule has 2 rings (SSSR count). The number of benzene rings is 1. The molecule has 1 aromatic carbocycles. The first-order chi connectivity index (χ1) is 9.45. The number of nitrogens with one attached hydrogen (secondary N) is 1. The largest absolute Gasteiger partial charge is 0.397 e. The van der Waals surface area contributed by atoms with Crippen LogP contribution < -0.4 is 11.1 Å². The zero-order valence-corrected chi connectivity index (χ0v) is 13.3. The van der Waals surface area contributed by atoms with Crippen molar-refractivity contribution in [3.8, 4) is 5.69 Å². The van der Waals surface area contributed by atoms with E-state index in [1.807, 2.05) is 20.8 Å². The highest BCUT2D eigenvalue weighted by atomic mass is 79.9. The van der Waals surface area contributed by atoms with Crippen molar-refractivity contribution < 1.29 is 4.79 Å². The fourth-order valence-electron chi connectivity index (χ4n) is 1.99. The number of nitrogens with zero attached hydrogens (tertiary/aromatic N) is 2. The van der Waals surface area contributed by atoms with E-state index in [0.29, 0.717) is 23.5 Å². The maximum atomic E-state index is 11.9. The number of aryl methyl sites for hydroxylation is 1. The number of amides is 1. The zero-order valence-electron chi connectivity index (χ0n) is 11.7. The van der Waals surface area contributed by atoms with Crippen LogP contribution in [-0.2, 0) is 0 Å². The van der Waals surface area contributed by atoms with Crippen molar-refractivity contribution in [3.05, 3.63) is 39.6 Å². The molecule has 0 aliphatic heterocycles. The van der Waals surface area contributed by atoms with Gasteiger partial charge < -0.3 is 11.1 Å². The van der Waals surface area contributed by atoms with Gasteiger partial charge in [-0.25, -0.2) is 4.68 Å². The summed E-state index contributed by atoms with van der Waals surface area (Å²) in [5, 5.41) is 7.22. The number of hydrogen-bond donors (Lipinski definition) is 2. The molecule has 1 amide bonds. The molecule has 6 heteroatoms. The van der Waals surface area contributed by atoms with Gasteiger partial charge in [-0.3, -0.25) is 4.79 Å². The number of halogens is 1. The predicted octanol–water partition coefficient (Wildman–Crippen LogP) is 2.58. The van der Waals surface area contributed by atoms with Crippen LogP contribution in [0.3, 0.4) is 0 Å². The van der Waals surface area contributed by atoms with E-state index in [2.05, 4.69) is 26.3 Å². The third-order valence-corrected chi connectivity index (χ3v) is 4.21. The van der Waals surface area contributed by atoms with Crippen molar-refractivity contribution in [3.63, 3.8) is 0 Å². The Hall–Kier alpha value is -1.82. The van der Waals surface area contributed by atoms with Gasteiger partial charge in [0, 0.05) is 12.1 Å². The van der Waals surface area contributed by atoms with Gasteiger partial charge in [0.2, 0.25) is 0 Å². The average Bonchev–Trinajstić information content (AvgIpc) is 2.67. The lowest BCUT2D eigenvalue weighted by Crippen LogP contribution is -2.23. The molecule has 3 N–H and O–H groups in total. The lowest BCUT2D eigenvalue weighted by atomic mass is 10.1. The third kappa shape index (κ3) is 2.56. The Morgan fingerprint density at radius 3 is 2.70 bits per heavy atom. The number of rotatable bonds is 3. The molecule has 0 bridgehead atoms. The van der Waals surface area contributed by atoms with E-state index in [9.17, 15) is 4.79 Å². The maximum Gasteiger partial charge on any atom is 0.251 e. The van der Waals surface area contributed by atoms with Crippen LogP contribution in [0.1, 0.15) is 28.7 Å². The van der Waals surface area contributed by atoms with E-state index in [1.165, 1.54) is 0 Å². The first kappa shape index (κ1) is 14.6. The standard InChI is InChI=1S/C14H17BrN4O/c1-4-17-14(20)10-5-6-11(16)12(7-10)19-9(3)13(15)8(2)18-19/h5-7H,4,16H2,1-3H3,(H,17,20). The first-order valence-electron chi connectivity index (χ1n) is 6.35. The SMILES string of the molecule is CCNC(=O)c1ccc(N)c(-n2nc(C)c(Br)c2C)c1. The fourth-order valence-corrected chi connectivity index (χ4v) is 2.24. The summed E-state index contributed by atoms with van der Waals surface area (Å²) in [5.41, 5.74) is 9.70. The molecule has 0 aliphatic carbocycles. The van der Waals surface area contributed by atoms with E-state index in [0.717, 1.165) is 15.9 Å². The second-order valence-electron chi connectivity index (χ2n) is 4.53. The summed E-state index contributed by atoms with van der Waals surface area (Å²) in [7, 11) is 0. The van der Waals surface area contributed by atoms with Crippen LogP contribution >= 0.6 is 15.9 Å². The molecule has 2 aromatic rings.